The van der Waals surface area contributed by atoms with E-state index in [0.29, 0.717) is 19.7 Å². The first kappa shape index (κ1) is 26.8. The van der Waals surface area contributed by atoms with E-state index in [9.17, 15) is 5.11 Å². The number of hydrogen-bond donors (Lipinski definition) is 3. The van der Waals surface area contributed by atoms with Crippen LogP contribution in [-0.2, 0) is 4.74 Å². The molecule has 0 radical (unpaired) electrons. The number of ether oxygens (including phenoxy) is 1. The number of nitrogens with one attached hydrogen (secondary N) is 1. The minimum atomic E-state index is -0.477. The molecule has 2 atom stereocenters. The Kier molecular flexibility index (Phi) is 22.0. The van der Waals surface area contributed by atoms with Crippen LogP contribution in [-0.4, -0.2) is 49.2 Å². The van der Waals surface area contributed by atoms with E-state index in [1.54, 1.807) is 0 Å². The molecule has 0 aromatic carbocycles. The summed E-state index contributed by atoms with van der Waals surface area (Å²) in [6, 6.07) is 0. The summed E-state index contributed by atoms with van der Waals surface area (Å²) in [6.07, 6.45) is 18.5. The van der Waals surface area contributed by atoms with Crippen molar-refractivity contribution >= 4 is 0 Å². The molecule has 0 amide bonds. The second-order valence-corrected chi connectivity index (χ2v) is 8.23. The van der Waals surface area contributed by atoms with E-state index in [0.717, 1.165) is 18.9 Å². The fourth-order valence-corrected chi connectivity index (χ4v) is 3.45. The summed E-state index contributed by atoms with van der Waals surface area (Å²) < 4.78 is 5.50. The zero-order chi connectivity index (χ0) is 20.0. The van der Waals surface area contributed by atoms with Crippen molar-refractivity contribution in [3.8, 4) is 0 Å². The molecule has 3 N–H and O–H groups in total. The molecule has 4 nitrogen and oxygen atoms in total. The highest BCUT2D eigenvalue weighted by molar-refractivity contribution is 4.58. The van der Waals surface area contributed by atoms with Crippen molar-refractivity contribution in [3.05, 3.63) is 0 Å². The standard InChI is InChI=1S/C23H49NO3/c1-3-4-5-9-12-15-22(2)16-13-10-7-6-8-11-14-19-27-21-23(26)20-24-17-18-25/h22-26H,3-21H2,1-2H3. The summed E-state index contributed by atoms with van der Waals surface area (Å²) in [5.74, 6) is 0.915. The van der Waals surface area contributed by atoms with Crippen LogP contribution in [0.5, 0.6) is 0 Å². The molecule has 27 heavy (non-hydrogen) atoms. The van der Waals surface area contributed by atoms with E-state index in [2.05, 4.69) is 19.2 Å². The summed E-state index contributed by atoms with van der Waals surface area (Å²) in [7, 11) is 0. The quantitative estimate of drug-likeness (QED) is 0.227. The van der Waals surface area contributed by atoms with Gasteiger partial charge in [0.25, 0.3) is 0 Å². The lowest BCUT2D eigenvalue weighted by Gasteiger charge is -2.12. The zero-order valence-corrected chi connectivity index (χ0v) is 18.4. The van der Waals surface area contributed by atoms with E-state index >= 15 is 0 Å². The van der Waals surface area contributed by atoms with Gasteiger partial charge in [0.05, 0.1) is 19.3 Å². The molecule has 0 aromatic heterocycles. The SMILES string of the molecule is CCCCCCCC(C)CCCCCCCCCOCC(O)CNCCO. The molecule has 164 valence electrons. The summed E-state index contributed by atoms with van der Waals surface area (Å²) in [4.78, 5) is 0. The Morgan fingerprint density at radius 2 is 1.37 bits per heavy atom. The Hall–Kier alpha value is -0.160. The van der Waals surface area contributed by atoms with Gasteiger partial charge in [-0.2, -0.15) is 0 Å². The summed E-state index contributed by atoms with van der Waals surface area (Å²) in [5, 5.41) is 21.3. The molecular formula is C23H49NO3. The van der Waals surface area contributed by atoms with Crippen LogP contribution in [0, 0.1) is 5.92 Å². The highest BCUT2D eigenvalue weighted by Gasteiger charge is 2.03. The first-order valence-corrected chi connectivity index (χ1v) is 11.8. The van der Waals surface area contributed by atoms with Crippen molar-refractivity contribution in [3.63, 3.8) is 0 Å². The van der Waals surface area contributed by atoms with Crippen LogP contribution >= 0.6 is 0 Å². The molecule has 0 spiro atoms. The van der Waals surface area contributed by atoms with Gasteiger partial charge in [-0.3, -0.25) is 0 Å². The van der Waals surface area contributed by atoms with E-state index < -0.39 is 6.10 Å². The fraction of sp³-hybridized carbons (Fsp3) is 1.00. The van der Waals surface area contributed by atoms with Crippen LogP contribution in [0.3, 0.4) is 0 Å². The smallest absolute Gasteiger partial charge is 0.0897 e. The molecular weight excluding hydrogens is 338 g/mol. The van der Waals surface area contributed by atoms with Gasteiger partial charge in [0.1, 0.15) is 0 Å². The molecule has 0 saturated heterocycles. The van der Waals surface area contributed by atoms with E-state index in [1.807, 2.05) is 0 Å². The van der Waals surface area contributed by atoms with Gasteiger partial charge in [0.2, 0.25) is 0 Å². The predicted octanol–water partition coefficient (Wildman–Crippen LogP) is 5.06. The molecule has 0 aliphatic heterocycles. The summed E-state index contributed by atoms with van der Waals surface area (Å²) in [6.45, 7) is 6.95. The molecule has 0 aliphatic rings. The highest BCUT2D eigenvalue weighted by Crippen LogP contribution is 2.18. The van der Waals surface area contributed by atoms with Gasteiger partial charge in [0.15, 0.2) is 0 Å². The molecule has 0 aromatic rings. The molecule has 0 saturated carbocycles. The number of hydrogen-bond acceptors (Lipinski definition) is 4. The lowest BCUT2D eigenvalue weighted by molar-refractivity contribution is 0.0350. The highest BCUT2D eigenvalue weighted by atomic mass is 16.5. The minimum absolute atomic E-state index is 0.103. The number of aliphatic hydroxyl groups is 2. The molecule has 4 heteroatoms. The third-order valence-electron chi connectivity index (χ3n) is 5.26. The maximum Gasteiger partial charge on any atom is 0.0897 e. The van der Waals surface area contributed by atoms with Crippen LogP contribution in [0.4, 0.5) is 0 Å². The van der Waals surface area contributed by atoms with Crippen LogP contribution < -0.4 is 5.32 Å². The van der Waals surface area contributed by atoms with E-state index in [1.165, 1.54) is 83.5 Å². The van der Waals surface area contributed by atoms with E-state index in [-0.39, 0.29) is 6.61 Å². The van der Waals surface area contributed by atoms with Gasteiger partial charge in [-0.05, 0) is 12.3 Å². The maximum atomic E-state index is 9.65. The van der Waals surface area contributed by atoms with Crippen molar-refractivity contribution in [1.82, 2.24) is 5.32 Å². The first-order valence-electron chi connectivity index (χ1n) is 11.8. The Morgan fingerprint density at radius 1 is 0.815 bits per heavy atom. The van der Waals surface area contributed by atoms with Crippen molar-refractivity contribution in [2.24, 2.45) is 5.92 Å². The average molecular weight is 388 g/mol. The Bertz CT molecular complexity index is 276. The molecule has 0 rings (SSSR count). The lowest BCUT2D eigenvalue weighted by atomic mass is 9.96. The van der Waals surface area contributed by atoms with Gasteiger partial charge in [-0.25, -0.2) is 0 Å². The van der Waals surface area contributed by atoms with Gasteiger partial charge in [-0.15, -0.1) is 0 Å². The number of rotatable bonds is 22. The Labute approximate surface area is 169 Å². The molecule has 0 fully saturated rings. The molecule has 0 aliphatic carbocycles. The lowest BCUT2D eigenvalue weighted by Crippen LogP contribution is -2.32. The number of unbranched alkanes of at least 4 members (excludes halogenated alkanes) is 10. The molecule has 0 heterocycles. The monoisotopic (exact) mass is 387 g/mol. The third kappa shape index (κ3) is 22.0. The fourth-order valence-electron chi connectivity index (χ4n) is 3.45. The normalized spacial score (nSPS) is 13.8. The molecule has 0 bridgehead atoms. The van der Waals surface area contributed by atoms with Crippen molar-refractivity contribution < 1.29 is 14.9 Å². The van der Waals surface area contributed by atoms with Gasteiger partial charge in [-0.1, -0.05) is 97.3 Å². The molecule has 2 unspecified atom stereocenters. The Morgan fingerprint density at radius 3 is 1.96 bits per heavy atom. The van der Waals surface area contributed by atoms with Crippen LogP contribution in [0.25, 0.3) is 0 Å². The summed E-state index contributed by atoms with van der Waals surface area (Å²) in [5.41, 5.74) is 0. The number of aliphatic hydroxyl groups excluding tert-OH is 2. The Balaban J connectivity index is 3.18. The van der Waals surface area contributed by atoms with Crippen molar-refractivity contribution in [2.45, 2.75) is 110 Å². The van der Waals surface area contributed by atoms with Crippen LogP contribution in [0.15, 0.2) is 0 Å². The zero-order valence-electron chi connectivity index (χ0n) is 18.4. The van der Waals surface area contributed by atoms with E-state index in [4.69, 9.17) is 9.84 Å². The largest absolute Gasteiger partial charge is 0.395 e. The third-order valence-corrected chi connectivity index (χ3v) is 5.26. The van der Waals surface area contributed by atoms with Gasteiger partial charge < -0.3 is 20.3 Å². The topological polar surface area (TPSA) is 61.7 Å². The summed E-state index contributed by atoms with van der Waals surface area (Å²) >= 11 is 0. The maximum absolute atomic E-state index is 9.65. The minimum Gasteiger partial charge on any atom is -0.395 e. The van der Waals surface area contributed by atoms with Gasteiger partial charge >= 0.3 is 0 Å². The van der Waals surface area contributed by atoms with Crippen LogP contribution in [0.1, 0.15) is 104 Å². The second kappa shape index (κ2) is 22.1. The average Bonchev–Trinajstić information content (AvgIpc) is 2.66. The van der Waals surface area contributed by atoms with Crippen molar-refractivity contribution in [1.29, 1.82) is 0 Å². The van der Waals surface area contributed by atoms with Crippen LogP contribution in [0.2, 0.25) is 0 Å². The first-order chi connectivity index (χ1) is 13.2. The second-order valence-electron chi connectivity index (χ2n) is 8.23. The predicted molar refractivity (Wildman–Crippen MR) is 116 cm³/mol. The van der Waals surface area contributed by atoms with Gasteiger partial charge in [0, 0.05) is 19.7 Å². The van der Waals surface area contributed by atoms with Crippen molar-refractivity contribution in [2.75, 3.05) is 32.9 Å².